The highest BCUT2D eigenvalue weighted by molar-refractivity contribution is 14.1. The molecule has 0 atom stereocenters. The molecule has 0 unspecified atom stereocenters. The summed E-state index contributed by atoms with van der Waals surface area (Å²) in [6.45, 7) is 0. The summed E-state index contributed by atoms with van der Waals surface area (Å²) < 4.78 is 11.6. The largest absolute Gasteiger partial charge is 0.481 e. The fourth-order valence-corrected chi connectivity index (χ4v) is 1.72. The van der Waals surface area contributed by atoms with Gasteiger partial charge in [-0.25, -0.2) is 0 Å². The lowest BCUT2D eigenvalue weighted by atomic mass is 10.3. The first-order valence-electron chi connectivity index (χ1n) is 4.80. The third-order valence-electron chi connectivity index (χ3n) is 1.96. The van der Waals surface area contributed by atoms with Gasteiger partial charge in [0.2, 0.25) is 17.7 Å². The number of hydrogen-bond donors (Lipinski definition) is 1. The molecule has 0 aliphatic rings. The Balaban J connectivity index is 2.30. The second-order valence-electron chi connectivity index (χ2n) is 3.14. The Bertz CT molecular complexity index is 534. The van der Waals surface area contributed by atoms with E-state index in [9.17, 15) is 0 Å². The molecule has 0 saturated carbocycles. The molecule has 6 heteroatoms. The molecule has 0 aliphatic heterocycles. The van der Waals surface area contributed by atoms with Crippen LogP contribution in [0.15, 0.2) is 30.3 Å². The maximum atomic E-state index is 5.61. The molecule has 0 bridgehead atoms. The van der Waals surface area contributed by atoms with Crippen molar-refractivity contribution < 1.29 is 9.47 Å². The third-order valence-corrected chi connectivity index (χ3v) is 2.85. The van der Waals surface area contributed by atoms with Crippen LogP contribution in [0.2, 0.25) is 0 Å². The third kappa shape index (κ3) is 2.96. The van der Waals surface area contributed by atoms with Gasteiger partial charge in [-0.3, -0.25) is 0 Å². The first kappa shape index (κ1) is 11.9. The molecule has 1 aromatic heterocycles. The zero-order chi connectivity index (χ0) is 12.3. The predicted molar refractivity (Wildman–Crippen MR) is 72.2 cm³/mol. The number of nitrogens with two attached hydrogens (primary N) is 1. The molecule has 0 saturated heterocycles. The molecule has 0 radical (unpaired) electrons. The summed E-state index contributed by atoms with van der Waals surface area (Å²) in [4.78, 5) is 7.86. The van der Waals surface area contributed by atoms with Gasteiger partial charge in [0.1, 0.15) is 5.75 Å². The number of para-hydroxylation sites is 1. The van der Waals surface area contributed by atoms with Crippen LogP contribution in [-0.2, 0) is 0 Å². The molecular formula is C11H10IN3O2. The monoisotopic (exact) mass is 343 g/mol. The van der Waals surface area contributed by atoms with Crippen molar-refractivity contribution in [1.29, 1.82) is 0 Å². The summed E-state index contributed by atoms with van der Waals surface area (Å²) in [5.41, 5.74) is 5.54. The standard InChI is InChI=1S/C11H10IN3O2/c1-16-9-6-10(15-11(13)14-9)17-8-5-3-2-4-7(8)12/h2-6H,1H3,(H2,13,14,15). The van der Waals surface area contributed by atoms with Crippen LogP contribution < -0.4 is 15.2 Å². The van der Waals surface area contributed by atoms with Gasteiger partial charge in [0, 0.05) is 0 Å². The number of nitrogen functional groups attached to an aromatic ring is 1. The molecule has 17 heavy (non-hydrogen) atoms. The van der Waals surface area contributed by atoms with Gasteiger partial charge in [0.15, 0.2) is 0 Å². The summed E-state index contributed by atoms with van der Waals surface area (Å²) >= 11 is 2.18. The molecule has 1 aromatic carbocycles. The molecule has 0 spiro atoms. The van der Waals surface area contributed by atoms with Crippen molar-refractivity contribution in [3.8, 4) is 17.5 Å². The van der Waals surface area contributed by atoms with Crippen molar-refractivity contribution in [1.82, 2.24) is 9.97 Å². The van der Waals surface area contributed by atoms with Crippen LogP contribution in [0, 0.1) is 3.57 Å². The van der Waals surface area contributed by atoms with Crippen LogP contribution in [0.25, 0.3) is 0 Å². The number of aromatic nitrogens is 2. The highest BCUT2D eigenvalue weighted by Gasteiger charge is 2.06. The number of ether oxygens (including phenoxy) is 2. The van der Waals surface area contributed by atoms with Crippen LogP contribution in [0.5, 0.6) is 17.5 Å². The van der Waals surface area contributed by atoms with E-state index in [-0.39, 0.29) is 5.95 Å². The lowest BCUT2D eigenvalue weighted by Crippen LogP contribution is -1.99. The number of benzene rings is 1. The van der Waals surface area contributed by atoms with Crippen molar-refractivity contribution >= 4 is 28.5 Å². The molecule has 2 N–H and O–H groups in total. The van der Waals surface area contributed by atoms with Crippen LogP contribution in [0.3, 0.4) is 0 Å². The van der Waals surface area contributed by atoms with E-state index in [1.165, 1.54) is 7.11 Å². The van der Waals surface area contributed by atoms with Crippen LogP contribution in [0.1, 0.15) is 0 Å². The summed E-state index contributed by atoms with van der Waals surface area (Å²) in [6.07, 6.45) is 0. The van der Waals surface area contributed by atoms with Crippen LogP contribution in [0.4, 0.5) is 5.95 Å². The summed E-state index contributed by atoms with van der Waals surface area (Å²) in [7, 11) is 1.51. The summed E-state index contributed by atoms with van der Waals surface area (Å²) in [5.74, 6) is 1.57. The van der Waals surface area contributed by atoms with Gasteiger partial charge in [-0.15, -0.1) is 0 Å². The normalized spacial score (nSPS) is 10.0. The maximum absolute atomic E-state index is 5.61. The van der Waals surface area contributed by atoms with Gasteiger partial charge >= 0.3 is 0 Å². The van der Waals surface area contributed by atoms with Gasteiger partial charge in [-0.2, -0.15) is 9.97 Å². The number of methoxy groups -OCH3 is 1. The maximum Gasteiger partial charge on any atom is 0.227 e. The zero-order valence-electron chi connectivity index (χ0n) is 9.05. The highest BCUT2D eigenvalue weighted by atomic mass is 127. The summed E-state index contributed by atoms with van der Waals surface area (Å²) in [5, 5.41) is 0. The zero-order valence-corrected chi connectivity index (χ0v) is 11.2. The van der Waals surface area contributed by atoms with E-state index in [1.54, 1.807) is 6.07 Å². The first-order valence-corrected chi connectivity index (χ1v) is 5.88. The fraction of sp³-hybridized carbons (Fsp3) is 0.0909. The smallest absolute Gasteiger partial charge is 0.227 e. The number of nitrogens with zero attached hydrogens (tertiary/aromatic N) is 2. The molecule has 1 heterocycles. The minimum absolute atomic E-state index is 0.116. The van der Waals surface area contributed by atoms with E-state index < -0.39 is 0 Å². The number of halogens is 1. The lowest BCUT2D eigenvalue weighted by Gasteiger charge is -2.08. The Morgan fingerprint density at radius 2 is 1.88 bits per heavy atom. The number of rotatable bonds is 3. The minimum Gasteiger partial charge on any atom is -0.481 e. The van der Waals surface area contributed by atoms with Gasteiger partial charge in [0.05, 0.1) is 16.7 Å². The van der Waals surface area contributed by atoms with Gasteiger partial charge < -0.3 is 15.2 Å². The lowest BCUT2D eigenvalue weighted by molar-refractivity contribution is 0.389. The summed E-state index contributed by atoms with van der Waals surface area (Å²) in [6, 6.07) is 9.20. The van der Waals surface area contributed by atoms with E-state index in [0.29, 0.717) is 17.5 Å². The van der Waals surface area contributed by atoms with E-state index in [2.05, 4.69) is 32.6 Å². The van der Waals surface area contributed by atoms with Gasteiger partial charge in [0.25, 0.3) is 0 Å². The molecule has 0 fully saturated rings. The average Bonchev–Trinajstić information content (AvgIpc) is 2.31. The van der Waals surface area contributed by atoms with Gasteiger partial charge in [-0.05, 0) is 34.7 Å². The Hall–Kier alpha value is -1.57. The molecular weight excluding hydrogens is 333 g/mol. The SMILES string of the molecule is COc1cc(Oc2ccccc2I)nc(N)n1. The van der Waals surface area contributed by atoms with E-state index >= 15 is 0 Å². The minimum atomic E-state index is 0.116. The second kappa shape index (κ2) is 5.17. The first-order chi connectivity index (χ1) is 8.19. The molecule has 0 amide bonds. The Morgan fingerprint density at radius 1 is 1.18 bits per heavy atom. The molecule has 88 valence electrons. The number of anilines is 1. The molecule has 5 nitrogen and oxygen atoms in total. The van der Waals surface area contributed by atoms with Crippen LogP contribution >= 0.6 is 22.6 Å². The Kier molecular flexibility index (Phi) is 3.62. The topological polar surface area (TPSA) is 70.3 Å². The van der Waals surface area contributed by atoms with Crippen molar-refractivity contribution in [2.24, 2.45) is 0 Å². The molecule has 2 rings (SSSR count). The fourth-order valence-electron chi connectivity index (χ4n) is 1.22. The van der Waals surface area contributed by atoms with E-state index in [1.807, 2.05) is 24.3 Å². The Morgan fingerprint density at radius 3 is 2.59 bits per heavy atom. The second-order valence-corrected chi connectivity index (χ2v) is 4.30. The van der Waals surface area contributed by atoms with E-state index in [0.717, 1.165) is 3.57 Å². The molecule has 0 aliphatic carbocycles. The average molecular weight is 343 g/mol. The van der Waals surface area contributed by atoms with Crippen molar-refractivity contribution in [2.45, 2.75) is 0 Å². The molecule has 2 aromatic rings. The number of hydrogen-bond acceptors (Lipinski definition) is 5. The van der Waals surface area contributed by atoms with Gasteiger partial charge in [-0.1, -0.05) is 12.1 Å². The highest BCUT2D eigenvalue weighted by Crippen LogP contribution is 2.26. The van der Waals surface area contributed by atoms with Crippen LogP contribution in [-0.4, -0.2) is 17.1 Å². The Labute approximate surface area is 112 Å². The van der Waals surface area contributed by atoms with Crippen molar-refractivity contribution in [2.75, 3.05) is 12.8 Å². The quantitative estimate of drug-likeness (QED) is 0.867. The van der Waals surface area contributed by atoms with Crippen molar-refractivity contribution in [3.05, 3.63) is 33.9 Å². The van der Waals surface area contributed by atoms with Crippen molar-refractivity contribution in [3.63, 3.8) is 0 Å². The van der Waals surface area contributed by atoms with E-state index in [4.69, 9.17) is 15.2 Å². The predicted octanol–water partition coefficient (Wildman–Crippen LogP) is 2.46.